The summed E-state index contributed by atoms with van der Waals surface area (Å²) in [6.07, 6.45) is 5.19. The number of likely N-dealkylation sites (tertiary alicyclic amines) is 1. The summed E-state index contributed by atoms with van der Waals surface area (Å²) in [5.41, 5.74) is 2.57. The van der Waals surface area contributed by atoms with E-state index in [0.717, 1.165) is 30.6 Å². The number of thiophene rings is 1. The molecular formula is C20H20N4O2S. The van der Waals surface area contributed by atoms with Crippen LogP contribution in [0.3, 0.4) is 0 Å². The first kappa shape index (κ1) is 17.5. The molecule has 7 heteroatoms. The minimum absolute atomic E-state index is 0.0839. The van der Waals surface area contributed by atoms with Crippen LogP contribution in [0.2, 0.25) is 0 Å². The number of nitrogens with one attached hydrogen (secondary N) is 1. The van der Waals surface area contributed by atoms with Gasteiger partial charge < -0.3 is 10.2 Å². The molecule has 0 unspecified atom stereocenters. The highest BCUT2D eigenvalue weighted by Crippen LogP contribution is 2.33. The van der Waals surface area contributed by atoms with E-state index in [2.05, 4.69) is 21.7 Å². The summed E-state index contributed by atoms with van der Waals surface area (Å²) < 4.78 is 1.54. The first-order valence-electron chi connectivity index (χ1n) is 8.91. The number of anilines is 1. The number of aromatic nitrogens is 2. The second-order valence-electron chi connectivity index (χ2n) is 6.57. The zero-order valence-electron chi connectivity index (χ0n) is 14.7. The van der Waals surface area contributed by atoms with E-state index in [1.165, 1.54) is 16.3 Å². The van der Waals surface area contributed by atoms with Crippen LogP contribution < -0.4 is 11.0 Å². The predicted octanol–water partition coefficient (Wildman–Crippen LogP) is 3.72. The molecule has 1 N–H and O–H groups in total. The van der Waals surface area contributed by atoms with Crippen LogP contribution in [0.4, 0.5) is 10.5 Å². The van der Waals surface area contributed by atoms with Crippen LogP contribution in [0, 0.1) is 0 Å². The molecule has 6 nitrogen and oxygen atoms in total. The Morgan fingerprint density at radius 3 is 3.04 bits per heavy atom. The molecule has 27 heavy (non-hydrogen) atoms. The maximum atomic E-state index is 12.8. The number of hydrogen-bond donors (Lipinski definition) is 1. The Bertz CT molecular complexity index is 983. The van der Waals surface area contributed by atoms with Crippen LogP contribution >= 0.6 is 11.3 Å². The Hall–Kier alpha value is -2.93. The Kier molecular flexibility index (Phi) is 5.02. The molecule has 4 rings (SSSR count). The van der Waals surface area contributed by atoms with Gasteiger partial charge in [0.25, 0.3) is 0 Å². The molecule has 2 amide bonds. The number of nitrogens with zero attached hydrogens (tertiary/aromatic N) is 3. The Morgan fingerprint density at radius 1 is 1.30 bits per heavy atom. The molecule has 0 aliphatic carbocycles. The van der Waals surface area contributed by atoms with Crippen molar-refractivity contribution >= 4 is 23.1 Å². The van der Waals surface area contributed by atoms with Crippen molar-refractivity contribution in [2.24, 2.45) is 0 Å². The van der Waals surface area contributed by atoms with E-state index in [4.69, 9.17) is 0 Å². The molecule has 138 valence electrons. The highest BCUT2D eigenvalue weighted by molar-refractivity contribution is 7.08. The largest absolute Gasteiger partial charge is 0.347 e. The number of amides is 2. The van der Waals surface area contributed by atoms with Crippen molar-refractivity contribution in [3.05, 3.63) is 81.2 Å². The van der Waals surface area contributed by atoms with Gasteiger partial charge in [0.1, 0.15) is 0 Å². The second kappa shape index (κ2) is 7.75. The van der Waals surface area contributed by atoms with Gasteiger partial charge in [0.05, 0.1) is 12.6 Å². The average molecular weight is 380 g/mol. The van der Waals surface area contributed by atoms with E-state index in [1.54, 1.807) is 23.6 Å². The van der Waals surface area contributed by atoms with E-state index in [1.807, 2.05) is 34.5 Å². The van der Waals surface area contributed by atoms with Crippen LogP contribution in [0.15, 0.2) is 64.3 Å². The van der Waals surface area contributed by atoms with Gasteiger partial charge in [-0.15, -0.1) is 0 Å². The lowest BCUT2D eigenvalue weighted by Gasteiger charge is -2.24. The quantitative estimate of drug-likeness (QED) is 0.750. The fourth-order valence-corrected chi connectivity index (χ4v) is 4.17. The van der Waals surface area contributed by atoms with Gasteiger partial charge in [0.15, 0.2) is 0 Å². The van der Waals surface area contributed by atoms with Crippen molar-refractivity contribution in [3.63, 3.8) is 0 Å². The van der Waals surface area contributed by atoms with E-state index >= 15 is 0 Å². The molecule has 3 heterocycles. The molecule has 0 radical (unpaired) electrons. The molecule has 1 aliphatic rings. The van der Waals surface area contributed by atoms with Gasteiger partial charge in [-0.05, 0) is 59.0 Å². The first-order chi connectivity index (χ1) is 13.2. The van der Waals surface area contributed by atoms with Crippen LogP contribution in [-0.4, -0.2) is 27.0 Å². The summed E-state index contributed by atoms with van der Waals surface area (Å²) in [5, 5.41) is 7.17. The maximum Gasteiger partial charge on any atom is 0.347 e. The van der Waals surface area contributed by atoms with Gasteiger partial charge in [-0.1, -0.05) is 12.1 Å². The van der Waals surface area contributed by atoms with Crippen molar-refractivity contribution < 1.29 is 4.79 Å². The van der Waals surface area contributed by atoms with Crippen molar-refractivity contribution in [3.8, 4) is 0 Å². The fourth-order valence-electron chi connectivity index (χ4n) is 3.47. The number of benzene rings is 1. The summed E-state index contributed by atoms with van der Waals surface area (Å²) >= 11 is 1.66. The van der Waals surface area contributed by atoms with Gasteiger partial charge in [-0.25, -0.2) is 14.6 Å². The molecule has 1 aromatic carbocycles. The normalized spacial score (nSPS) is 16.4. The van der Waals surface area contributed by atoms with Crippen molar-refractivity contribution in [1.82, 2.24) is 14.5 Å². The molecule has 0 saturated carbocycles. The van der Waals surface area contributed by atoms with E-state index in [9.17, 15) is 9.59 Å². The molecule has 1 saturated heterocycles. The van der Waals surface area contributed by atoms with Crippen LogP contribution in [0.5, 0.6) is 0 Å². The fraction of sp³-hybridized carbons (Fsp3) is 0.250. The zero-order valence-corrected chi connectivity index (χ0v) is 15.6. The first-order valence-corrected chi connectivity index (χ1v) is 9.85. The zero-order chi connectivity index (χ0) is 18.6. The van der Waals surface area contributed by atoms with Crippen molar-refractivity contribution in [1.29, 1.82) is 0 Å². The summed E-state index contributed by atoms with van der Waals surface area (Å²) in [5.74, 6) is 0. The van der Waals surface area contributed by atoms with Gasteiger partial charge in [-0.2, -0.15) is 11.3 Å². The predicted molar refractivity (Wildman–Crippen MR) is 106 cm³/mol. The van der Waals surface area contributed by atoms with Crippen LogP contribution in [-0.2, 0) is 6.54 Å². The van der Waals surface area contributed by atoms with Crippen LogP contribution in [0.1, 0.15) is 30.0 Å². The molecule has 0 bridgehead atoms. The Morgan fingerprint density at radius 2 is 2.22 bits per heavy atom. The smallest absolute Gasteiger partial charge is 0.317 e. The van der Waals surface area contributed by atoms with Crippen molar-refractivity contribution in [2.45, 2.75) is 25.4 Å². The topological polar surface area (TPSA) is 67.2 Å². The van der Waals surface area contributed by atoms with E-state index in [-0.39, 0.29) is 17.8 Å². The minimum atomic E-state index is -0.289. The number of hydrogen-bond acceptors (Lipinski definition) is 4. The Balaban J connectivity index is 1.47. The van der Waals surface area contributed by atoms with E-state index < -0.39 is 0 Å². The third-order valence-corrected chi connectivity index (χ3v) is 5.46. The van der Waals surface area contributed by atoms with Crippen LogP contribution in [0.25, 0.3) is 0 Å². The number of carbonyl (C=O) groups excluding carboxylic acids is 1. The molecule has 3 aromatic rings. The number of urea groups is 1. The minimum Gasteiger partial charge on any atom is -0.317 e. The summed E-state index contributed by atoms with van der Waals surface area (Å²) in [7, 11) is 0. The molecule has 0 spiro atoms. The Labute approximate surface area is 161 Å². The lowest BCUT2D eigenvalue weighted by Crippen LogP contribution is -2.34. The number of rotatable bonds is 4. The van der Waals surface area contributed by atoms with Gasteiger partial charge >= 0.3 is 11.7 Å². The standard InChI is InChI=1S/C20H20N4O2S/c25-19-21-8-3-9-23(19)13-15-4-1-5-17(12-15)22-20(26)24-10-2-6-18(24)16-7-11-27-14-16/h1,3-5,7-9,11-12,14,18H,2,6,10,13H2,(H,22,26)/t18-/m1/s1. The summed E-state index contributed by atoms with van der Waals surface area (Å²) in [4.78, 5) is 30.2. The third-order valence-electron chi connectivity index (χ3n) is 4.76. The monoisotopic (exact) mass is 380 g/mol. The molecule has 1 atom stereocenters. The van der Waals surface area contributed by atoms with Gasteiger partial charge in [0.2, 0.25) is 0 Å². The highest BCUT2D eigenvalue weighted by atomic mass is 32.1. The average Bonchev–Trinajstić information content (AvgIpc) is 3.35. The molecular weight excluding hydrogens is 360 g/mol. The maximum absolute atomic E-state index is 12.8. The van der Waals surface area contributed by atoms with E-state index in [0.29, 0.717) is 6.54 Å². The SMILES string of the molecule is O=C(Nc1cccc(Cn2cccnc2=O)c1)N1CCC[C@@H]1c1ccsc1. The number of carbonyl (C=O) groups is 1. The summed E-state index contributed by atoms with van der Waals surface area (Å²) in [6.45, 7) is 1.18. The lowest BCUT2D eigenvalue weighted by atomic mass is 10.1. The molecule has 2 aromatic heterocycles. The van der Waals surface area contributed by atoms with Gasteiger partial charge in [0, 0.05) is 24.6 Å². The molecule has 1 fully saturated rings. The van der Waals surface area contributed by atoms with Crippen molar-refractivity contribution in [2.75, 3.05) is 11.9 Å². The second-order valence-corrected chi connectivity index (χ2v) is 7.35. The third kappa shape index (κ3) is 3.93. The van der Waals surface area contributed by atoms with Gasteiger partial charge in [-0.3, -0.25) is 4.57 Å². The highest BCUT2D eigenvalue weighted by Gasteiger charge is 2.30. The summed E-state index contributed by atoms with van der Waals surface area (Å²) in [6, 6.07) is 11.5. The lowest BCUT2D eigenvalue weighted by molar-refractivity contribution is 0.207. The molecule has 1 aliphatic heterocycles.